The van der Waals surface area contributed by atoms with Gasteiger partial charge in [-0.05, 0) is 30.3 Å². The quantitative estimate of drug-likeness (QED) is 0.744. The molecule has 0 aliphatic heterocycles. The molecule has 8 heteroatoms. The monoisotopic (exact) mass is 379 g/mol. The molecule has 0 atom stereocenters. The molecule has 0 saturated heterocycles. The first-order valence-electron chi connectivity index (χ1n) is 7.51. The zero-order valence-corrected chi connectivity index (χ0v) is 15.3. The minimum absolute atomic E-state index is 0.112. The number of ether oxygens (including phenoxy) is 4. The maximum absolute atomic E-state index is 12.3. The molecule has 138 valence electrons. The maximum atomic E-state index is 12.3. The molecule has 0 unspecified atom stereocenters. The molecule has 7 nitrogen and oxygen atoms in total. The van der Waals surface area contributed by atoms with Crippen LogP contribution in [0.2, 0.25) is 5.02 Å². The van der Waals surface area contributed by atoms with Crippen molar-refractivity contribution in [3.63, 3.8) is 0 Å². The van der Waals surface area contributed by atoms with Gasteiger partial charge in [0.15, 0.2) is 18.1 Å². The zero-order chi connectivity index (χ0) is 19.1. The van der Waals surface area contributed by atoms with Crippen molar-refractivity contribution in [2.24, 2.45) is 0 Å². The lowest BCUT2D eigenvalue weighted by Gasteiger charge is -2.15. The smallest absolute Gasteiger partial charge is 0.342 e. The van der Waals surface area contributed by atoms with E-state index in [1.807, 2.05) is 0 Å². The number of halogens is 1. The van der Waals surface area contributed by atoms with E-state index in [1.165, 1.54) is 27.4 Å². The number of methoxy groups -OCH3 is 3. The van der Waals surface area contributed by atoms with Crippen LogP contribution >= 0.6 is 11.6 Å². The number of hydrogen-bond acceptors (Lipinski definition) is 6. The second kappa shape index (κ2) is 8.96. The summed E-state index contributed by atoms with van der Waals surface area (Å²) >= 11 is 5.85. The second-order valence-corrected chi connectivity index (χ2v) is 5.45. The molecule has 0 spiro atoms. The summed E-state index contributed by atoms with van der Waals surface area (Å²) in [4.78, 5) is 24.2. The number of amides is 1. The molecule has 1 N–H and O–H groups in total. The number of carbonyl (C=O) groups is 2. The van der Waals surface area contributed by atoms with Gasteiger partial charge in [-0.25, -0.2) is 4.79 Å². The fourth-order valence-electron chi connectivity index (χ4n) is 2.23. The average molecular weight is 380 g/mol. The number of rotatable bonds is 7. The van der Waals surface area contributed by atoms with Gasteiger partial charge < -0.3 is 24.3 Å². The van der Waals surface area contributed by atoms with Crippen LogP contribution < -0.4 is 19.5 Å². The van der Waals surface area contributed by atoms with Gasteiger partial charge in [-0.2, -0.15) is 0 Å². The molecule has 0 aromatic heterocycles. The predicted octanol–water partition coefficient (Wildman–Crippen LogP) is 3.16. The molecule has 1 amide bonds. The van der Waals surface area contributed by atoms with Crippen LogP contribution in [0.25, 0.3) is 0 Å². The Morgan fingerprint density at radius 2 is 1.73 bits per heavy atom. The number of esters is 1. The van der Waals surface area contributed by atoms with Gasteiger partial charge in [0, 0.05) is 10.7 Å². The molecule has 0 fully saturated rings. The summed E-state index contributed by atoms with van der Waals surface area (Å²) in [6.45, 7) is -0.469. The molecule has 0 saturated carbocycles. The Bertz CT molecular complexity index is 808. The molecule has 0 heterocycles. The van der Waals surface area contributed by atoms with Crippen LogP contribution in [0, 0.1) is 0 Å². The number of anilines is 1. The highest BCUT2D eigenvalue weighted by molar-refractivity contribution is 6.30. The van der Waals surface area contributed by atoms with E-state index < -0.39 is 18.5 Å². The van der Waals surface area contributed by atoms with E-state index in [9.17, 15) is 9.59 Å². The van der Waals surface area contributed by atoms with Crippen LogP contribution in [0.15, 0.2) is 36.4 Å². The van der Waals surface area contributed by atoms with Gasteiger partial charge >= 0.3 is 5.97 Å². The number of hydrogen-bond donors (Lipinski definition) is 1. The van der Waals surface area contributed by atoms with Crippen LogP contribution in [0.3, 0.4) is 0 Å². The summed E-state index contributed by atoms with van der Waals surface area (Å²) in [6, 6.07) is 9.64. The van der Waals surface area contributed by atoms with Crippen molar-refractivity contribution in [1.29, 1.82) is 0 Å². The van der Waals surface area contributed by atoms with Crippen LogP contribution in [0.1, 0.15) is 10.4 Å². The molecule has 0 aliphatic carbocycles. The van der Waals surface area contributed by atoms with Crippen molar-refractivity contribution in [3.8, 4) is 17.2 Å². The molecule has 2 rings (SSSR count). The van der Waals surface area contributed by atoms with Crippen molar-refractivity contribution < 1.29 is 28.5 Å². The summed E-state index contributed by atoms with van der Waals surface area (Å²) in [5, 5.41) is 3.06. The molecule has 0 bridgehead atoms. The van der Waals surface area contributed by atoms with E-state index in [0.29, 0.717) is 16.5 Å². The van der Waals surface area contributed by atoms with Gasteiger partial charge in [-0.3, -0.25) is 4.79 Å². The normalized spacial score (nSPS) is 10.0. The lowest BCUT2D eigenvalue weighted by molar-refractivity contribution is -0.119. The Hall–Kier alpha value is -2.93. The Balaban J connectivity index is 2.06. The van der Waals surface area contributed by atoms with Gasteiger partial charge in [-0.15, -0.1) is 0 Å². The van der Waals surface area contributed by atoms with E-state index in [0.717, 1.165) is 0 Å². The number of carbonyl (C=O) groups excluding carboxylic acids is 2. The molecule has 2 aromatic carbocycles. The van der Waals surface area contributed by atoms with E-state index in [-0.39, 0.29) is 17.1 Å². The SMILES string of the molecule is COc1ccc(C(=O)OCC(=O)Nc2cccc(Cl)c2)c(OC)c1OC. The minimum atomic E-state index is -0.732. The Morgan fingerprint density at radius 1 is 1.00 bits per heavy atom. The minimum Gasteiger partial charge on any atom is -0.493 e. The first-order valence-corrected chi connectivity index (χ1v) is 7.89. The molecule has 26 heavy (non-hydrogen) atoms. The van der Waals surface area contributed by atoms with Gasteiger partial charge in [0.2, 0.25) is 5.75 Å². The first-order chi connectivity index (χ1) is 12.5. The highest BCUT2D eigenvalue weighted by Crippen LogP contribution is 2.39. The predicted molar refractivity (Wildman–Crippen MR) is 96.5 cm³/mol. The van der Waals surface area contributed by atoms with Crippen molar-refractivity contribution >= 4 is 29.2 Å². The Labute approximate surface area is 155 Å². The average Bonchev–Trinajstić information content (AvgIpc) is 2.64. The van der Waals surface area contributed by atoms with Crippen LogP contribution in [-0.4, -0.2) is 39.8 Å². The van der Waals surface area contributed by atoms with Crippen molar-refractivity contribution in [1.82, 2.24) is 0 Å². The fraction of sp³-hybridized carbons (Fsp3) is 0.222. The molecular weight excluding hydrogens is 362 g/mol. The van der Waals surface area contributed by atoms with E-state index in [4.69, 9.17) is 30.5 Å². The van der Waals surface area contributed by atoms with E-state index >= 15 is 0 Å². The summed E-state index contributed by atoms with van der Waals surface area (Å²) in [7, 11) is 4.28. The Morgan fingerprint density at radius 3 is 2.35 bits per heavy atom. The fourth-order valence-corrected chi connectivity index (χ4v) is 2.42. The standard InChI is InChI=1S/C18H18ClNO6/c1-23-14-8-7-13(16(24-2)17(14)25-3)18(22)26-10-15(21)20-12-6-4-5-11(19)9-12/h4-9H,10H2,1-3H3,(H,20,21). The van der Waals surface area contributed by atoms with Gasteiger partial charge in [0.25, 0.3) is 5.91 Å². The van der Waals surface area contributed by atoms with Gasteiger partial charge in [-0.1, -0.05) is 17.7 Å². The Kier molecular flexibility index (Phi) is 6.68. The van der Waals surface area contributed by atoms with Crippen molar-refractivity contribution in [2.75, 3.05) is 33.3 Å². The lowest BCUT2D eigenvalue weighted by Crippen LogP contribution is -2.21. The van der Waals surface area contributed by atoms with Crippen molar-refractivity contribution in [2.45, 2.75) is 0 Å². The van der Waals surface area contributed by atoms with Crippen LogP contribution in [0.5, 0.6) is 17.2 Å². The largest absolute Gasteiger partial charge is 0.493 e. The lowest BCUT2D eigenvalue weighted by atomic mass is 10.1. The topological polar surface area (TPSA) is 83.1 Å². The summed E-state index contributed by atoms with van der Waals surface area (Å²) in [6.07, 6.45) is 0. The summed E-state index contributed by atoms with van der Waals surface area (Å²) < 4.78 is 20.6. The van der Waals surface area contributed by atoms with Gasteiger partial charge in [0.05, 0.1) is 21.3 Å². The summed E-state index contributed by atoms with van der Waals surface area (Å²) in [5.41, 5.74) is 0.614. The van der Waals surface area contributed by atoms with Crippen LogP contribution in [0.4, 0.5) is 5.69 Å². The zero-order valence-electron chi connectivity index (χ0n) is 14.5. The molecular formula is C18H18ClNO6. The third kappa shape index (κ3) is 4.58. The van der Waals surface area contributed by atoms with E-state index in [1.54, 1.807) is 30.3 Å². The highest BCUT2D eigenvalue weighted by atomic mass is 35.5. The van der Waals surface area contributed by atoms with E-state index in [2.05, 4.69) is 5.32 Å². The molecule has 2 aromatic rings. The summed E-state index contributed by atoms with van der Waals surface area (Å²) in [5.74, 6) is -0.413. The van der Waals surface area contributed by atoms with Crippen molar-refractivity contribution in [3.05, 3.63) is 47.0 Å². The number of nitrogens with one attached hydrogen (secondary N) is 1. The second-order valence-electron chi connectivity index (χ2n) is 5.02. The van der Waals surface area contributed by atoms with Gasteiger partial charge in [0.1, 0.15) is 5.56 Å². The third-order valence-corrected chi connectivity index (χ3v) is 3.60. The van der Waals surface area contributed by atoms with Crippen LogP contribution in [-0.2, 0) is 9.53 Å². The third-order valence-electron chi connectivity index (χ3n) is 3.37. The number of benzene rings is 2. The first kappa shape index (κ1) is 19.4. The maximum Gasteiger partial charge on any atom is 0.342 e. The highest BCUT2D eigenvalue weighted by Gasteiger charge is 2.22. The molecule has 0 aliphatic rings. The molecule has 0 radical (unpaired) electrons.